The zero-order chi connectivity index (χ0) is 23.9. The van der Waals surface area contributed by atoms with Crippen LogP contribution in [0.25, 0.3) is 22.6 Å². The number of nitrogens with one attached hydrogen (secondary N) is 1. The molecule has 170 valence electrons. The standard InChI is InChI=1S/C27H23ClN4O2/c1-32-26-6-3-2-5-23(26)25(31-32)18-34-22-13-9-20(10-14-22)24(27(33)30-16-4-15-29)17-19-7-11-21(28)12-8-19/h2-3,5-14,17H,4,16,18H2,1H3,(H,30,33)/b24-17+. The number of halogens is 1. The number of carbonyl (C=O) groups excluding carboxylic acids is 1. The van der Waals surface area contributed by atoms with Crippen molar-refractivity contribution in [1.82, 2.24) is 15.1 Å². The molecule has 0 unspecified atom stereocenters. The van der Waals surface area contributed by atoms with Crippen LogP contribution in [0.15, 0.2) is 72.8 Å². The Morgan fingerprint density at radius 2 is 1.85 bits per heavy atom. The number of ether oxygens (including phenoxy) is 1. The zero-order valence-electron chi connectivity index (χ0n) is 18.7. The SMILES string of the molecule is Cn1nc(COc2ccc(/C(=C\c3ccc(Cl)cc3)C(=O)NCCC#N)cc2)c2ccccc21. The maximum atomic E-state index is 12.9. The number of benzene rings is 3. The molecule has 1 amide bonds. The molecule has 6 nitrogen and oxygen atoms in total. The maximum absolute atomic E-state index is 12.9. The van der Waals surface area contributed by atoms with E-state index < -0.39 is 0 Å². The van der Waals surface area contributed by atoms with E-state index in [1.807, 2.05) is 78.5 Å². The fraction of sp³-hybridized carbons (Fsp3) is 0.148. The van der Waals surface area contributed by atoms with Gasteiger partial charge in [0.1, 0.15) is 18.1 Å². The maximum Gasteiger partial charge on any atom is 0.251 e. The summed E-state index contributed by atoms with van der Waals surface area (Å²) in [5, 5.41) is 17.8. The van der Waals surface area contributed by atoms with E-state index in [1.54, 1.807) is 18.2 Å². The lowest BCUT2D eigenvalue weighted by atomic mass is 10.0. The first-order valence-electron chi connectivity index (χ1n) is 10.8. The Morgan fingerprint density at radius 1 is 1.12 bits per heavy atom. The molecule has 3 aromatic carbocycles. The number of rotatable bonds is 8. The second-order valence-corrected chi connectivity index (χ2v) is 8.11. The van der Waals surface area contributed by atoms with Crippen molar-refractivity contribution in [3.8, 4) is 11.8 Å². The predicted octanol–water partition coefficient (Wildman–Crippen LogP) is 5.38. The largest absolute Gasteiger partial charge is 0.487 e. The number of hydrogen-bond acceptors (Lipinski definition) is 4. The molecule has 0 aliphatic carbocycles. The van der Waals surface area contributed by atoms with Crippen LogP contribution in [0.2, 0.25) is 5.02 Å². The second-order valence-electron chi connectivity index (χ2n) is 7.67. The van der Waals surface area contributed by atoms with Crippen LogP contribution in [0.3, 0.4) is 0 Å². The number of para-hydroxylation sites is 1. The molecule has 0 aliphatic rings. The minimum absolute atomic E-state index is 0.245. The summed E-state index contributed by atoms with van der Waals surface area (Å²) in [6.07, 6.45) is 2.04. The molecule has 1 heterocycles. The van der Waals surface area contributed by atoms with Gasteiger partial charge in [0.15, 0.2) is 0 Å². The van der Waals surface area contributed by atoms with Gasteiger partial charge in [-0.1, -0.05) is 54.1 Å². The topological polar surface area (TPSA) is 79.9 Å². The van der Waals surface area contributed by atoms with Gasteiger partial charge in [-0.3, -0.25) is 9.48 Å². The lowest BCUT2D eigenvalue weighted by molar-refractivity contribution is -0.115. The van der Waals surface area contributed by atoms with Gasteiger partial charge < -0.3 is 10.1 Å². The number of aryl methyl sites for hydroxylation is 1. The Morgan fingerprint density at radius 3 is 2.59 bits per heavy atom. The van der Waals surface area contributed by atoms with Gasteiger partial charge in [-0.15, -0.1) is 0 Å². The predicted molar refractivity (Wildman–Crippen MR) is 134 cm³/mol. The van der Waals surface area contributed by atoms with Crippen LogP contribution in [0.5, 0.6) is 5.75 Å². The molecule has 4 aromatic rings. The van der Waals surface area contributed by atoms with E-state index in [-0.39, 0.29) is 18.9 Å². The van der Waals surface area contributed by atoms with Gasteiger partial charge in [-0.25, -0.2) is 0 Å². The van der Waals surface area contributed by atoms with E-state index in [0.29, 0.717) is 23.0 Å². The highest BCUT2D eigenvalue weighted by molar-refractivity contribution is 6.30. The van der Waals surface area contributed by atoms with Crippen molar-refractivity contribution >= 4 is 40.1 Å². The molecule has 0 radical (unpaired) electrons. The number of carbonyl (C=O) groups is 1. The number of aromatic nitrogens is 2. The van der Waals surface area contributed by atoms with Crippen molar-refractivity contribution in [1.29, 1.82) is 5.26 Å². The summed E-state index contributed by atoms with van der Waals surface area (Å²) in [6, 6.07) is 24.7. The Hall–Kier alpha value is -4.08. The fourth-order valence-electron chi connectivity index (χ4n) is 3.61. The smallest absolute Gasteiger partial charge is 0.251 e. The third-order valence-electron chi connectivity index (χ3n) is 5.32. The molecule has 1 N–H and O–H groups in total. The lowest BCUT2D eigenvalue weighted by Crippen LogP contribution is -2.25. The van der Waals surface area contributed by atoms with Crippen molar-refractivity contribution in [2.45, 2.75) is 13.0 Å². The third-order valence-corrected chi connectivity index (χ3v) is 5.58. The average molecular weight is 471 g/mol. The van der Waals surface area contributed by atoms with E-state index >= 15 is 0 Å². The minimum Gasteiger partial charge on any atom is -0.487 e. The highest BCUT2D eigenvalue weighted by atomic mass is 35.5. The summed E-state index contributed by atoms with van der Waals surface area (Å²) in [6.45, 7) is 0.620. The van der Waals surface area contributed by atoms with Crippen LogP contribution in [0.1, 0.15) is 23.2 Å². The van der Waals surface area contributed by atoms with Gasteiger partial charge in [0, 0.05) is 29.6 Å². The number of hydrogen-bond donors (Lipinski definition) is 1. The van der Waals surface area contributed by atoms with Crippen LogP contribution in [-0.2, 0) is 18.4 Å². The molecule has 7 heteroatoms. The number of fused-ring (bicyclic) bond motifs is 1. The molecule has 0 saturated heterocycles. The van der Waals surface area contributed by atoms with E-state index in [1.165, 1.54) is 0 Å². The normalized spacial score (nSPS) is 11.3. The van der Waals surface area contributed by atoms with Gasteiger partial charge >= 0.3 is 0 Å². The molecule has 34 heavy (non-hydrogen) atoms. The van der Waals surface area contributed by atoms with Gasteiger partial charge in [-0.05, 0) is 47.5 Å². The zero-order valence-corrected chi connectivity index (χ0v) is 19.4. The van der Waals surface area contributed by atoms with Crippen molar-refractivity contribution in [2.24, 2.45) is 7.05 Å². The van der Waals surface area contributed by atoms with Gasteiger partial charge in [0.2, 0.25) is 0 Å². The van der Waals surface area contributed by atoms with E-state index in [4.69, 9.17) is 21.6 Å². The summed E-state index contributed by atoms with van der Waals surface area (Å²) >= 11 is 5.99. The Labute approximate surface area is 203 Å². The Balaban J connectivity index is 1.53. The third kappa shape index (κ3) is 5.45. The summed E-state index contributed by atoms with van der Waals surface area (Å²) in [4.78, 5) is 12.9. The molecule has 0 fully saturated rings. The van der Waals surface area contributed by atoms with Crippen molar-refractivity contribution in [2.75, 3.05) is 6.54 Å². The van der Waals surface area contributed by atoms with Gasteiger partial charge in [-0.2, -0.15) is 10.4 Å². The summed E-state index contributed by atoms with van der Waals surface area (Å²) in [7, 11) is 1.91. The first-order chi connectivity index (χ1) is 16.5. The summed E-state index contributed by atoms with van der Waals surface area (Å²) < 4.78 is 7.82. The minimum atomic E-state index is -0.251. The van der Waals surface area contributed by atoms with Gasteiger partial charge in [0.05, 0.1) is 18.0 Å². The molecule has 0 bridgehead atoms. The Kier molecular flexibility index (Phi) is 7.26. The van der Waals surface area contributed by atoms with E-state index in [9.17, 15) is 4.79 Å². The Bertz CT molecular complexity index is 1370. The average Bonchev–Trinajstić information content (AvgIpc) is 3.18. The molecule has 1 aromatic heterocycles. The second kappa shape index (κ2) is 10.7. The van der Waals surface area contributed by atoms with Crippen LogP contribution in [0.4, 0.5) is 0 Å². The van der Waals surface area contributed by atoms with Crippen molar-refractivity contribution in [3.63, 3.8) is 0 Å². The number of nitriles is 1. The monoisotopic (exact) mass is 470 g/mol. The van der Waals surface area contributed by atoms with Crippen LogP contribution in [-0.4, -0.2) is 22.2 Å². The first kappa shape index (κ1) is 23.1. The van der Waals surface area contributed by atoms with Crippen molar-refractivity contribution < 1.29 is 9.53 Å². The molecule has 4 rings (SSSR count). The molecular weight excluding hydrogens is 448 g/mol. The quantitative estimate of drug-likeness (QED) is 0.213. The first-order valence-corrected chi connectivity index (χ1v) is 11.2. The summed E-state index contributed by atoms with van der Waals surface area (Å²) in [5.41, 5.74) is 3.98. The number of nitrogens with zero attached hydrogens (tertiary/aromatic N) is 3. The van der Waals surface area contributed by atoms with Crippen molar-refractivity contribution in [3.05, 3.63) is 94.6 Å². The molecule has 0 spiro atoms. The van der Waals surface area contributed by atoms with Crippen LogP contribution >= 0.6 is 11.6 Å². The van der Waals surface area contributed by atoms with Crippen LogP contribution in [0, 0.1) is 11.3 Å². The molecule has 0 atom stereocenters. The van der Waals surface area contributed by atoms with Gasteiger partial charge in [0.25, 0.3) is 5.91 Å². The van der Waals surface area contributed by atoms with Crippen LogP contribution < -0.4 is 10.1 Å². The highest BCUT2D eigenvalue weighted by Gasteiger charge is 2.13. The fourth-order valence-corrected chi connectivity index (χ4v) is 3.74. The number of amides is 1. The molecule has 0 saturated carbocycles. The molecular formula is C27H23ClN4O2. The molecule has 0 aliphatic heterocycles. The van der Waals surface area contributed by atoms with E-state index in [0.717, 1.165) is 27.7 Å². The lowest BCUT2D eigenvalue weighted by Gasteiger charge is -2.11. The van der Waals surface area contributed by atoms with E-state index in [2.05, 4.69) is 10.4 Å². The summed E-state index contributed by atoms with van der Waals surface area (Å²) in [5.74, 6) is 0.424. The highest BCUT2D eigenvalue weighted by Crippen LogP contribution is 2.24.